The Kier molecular flexibility index (Phi) is 2.90. The van der Waals surface area contributed by atoms with Crippen LogP contribution in [0.2, 0.25) is 0 Å². The first kappa shape index (κ1) is 10.0. The van der Waals surface area contributed by atoms with Gasteiger partial charge in [-0.25, -0.2) is 0 Å². The van der Waals surface area contributed by atoms with E-state index in [4.69, 9.17) is 10.5 Å². The molecule has 1 aromatic rings. The molecule has 0 atom stereocenters. The predicted molar refractivity (Wildman–Crippen MR) is 57.8 cm³/mol. The Morgan fingerprint density at radius 3 is 2.73 bits per heavy atom. The minimum Gasteiger partial charge on any atom is -0.492 e. The van der Waals surface area contributed by atoms with Crippen molar-refractivity contribution in [2.24, 2.45) is 11.7 Å². The van der Waals surface area contributed by atoms with E-state index in [0.29, 0.717) is 23.8 Å². The molecule has 1 aliphatic rings. The molecule has 0 aromatic heterocycles. The highest BCUT2D eigenvalue weighted by Gasteiger charge is 2.18. The second-order valence-electron chi connectivity index (χ2n) is 3.97. The second-order valence-corrected chi connectivity index (χ2v) is 3.97. The van der Waals surface area contributed by atoms with Crippen LogP contribution in [-0.4, -0.2) is 12.5 Å². The Morgan fingerprint density at radius 1 is 1.40 bits per heavy atom. The molecule has 80 valence electrons. The Balaban J connectivity index is 2.02. The molecule has 1 saturated carbocycles. The van der Waals surface area contributed by atoms with Crippen LogP contribution in [0.15, 0.2) is 24.3 Å². The molecule has 0 spiro atoms. The average molecular weight is 205 g/mol. The summed E-state index contributed by atoms with van der Waals surface area (Å²) in [5, 5.41) is 0. The Morgan fingerprint density at radius 2 is 2.13 bits per heavy atom. The third kappa shape index (κ3) is 2.29. The lowest BCUT2D eigenvalue weighted by molar-refractivity contribution is 0.0993. The maximum atomic E-state index is 11.1. The molecule has 2 rings (SSSR count). The lowest BCUT2D eigenvalue weighted by Gasteiger charge is -2.25. The summed E-state index contributed by atoms with van der Waals surface area (Å²) in [5.41, 5.74) is 5.72. The number of carbonyl (C=O) groups is 1. The molecule has 0 radical (unpaired) electrons. The molecule has 3 heteroatoms. The van der Waals surface area contributed by atoms with Crippen LogP contribution < -0.4 is 10.5 Å². The van der Waals surface area contributed by atoms with E-state index in [2.05, 4.69) is 0 Å². The first-order valence-corrected chi connectivity index (χ1v) is 5.29. The summed E-state index contributed by atoms with van der Waals surface area (Å²) in [6.07, 6.45) is 3.77. The monoisotopic (exact) mass is 205 g/mol. The average Bonchev–Trinajstić information content (AvgIpc) is 2.16. The molecule has 0 unspecified atom stereocenters. The van der Waals surface area contributed by atoms with Crippen molar-refractivity contribution >= 4 is 5.91 Å². The van der Waals surface area contributed by atoms with Gasteiger partial charge in [-0.1, -0.05) is 18.6 Å². The first-order valence-electron chi connectivity index (χ1n) is 5.29. The van der Waals surface area contributed by atoms with E-state index in [-0.39, 0.29) is 0 Å². The Labute approximate surface area is 89.2 Å². The highest BCUT2D eigenvalue weighted by atomic mass is 16.5. The fourth-order valence-corrected chi connectivity index (χ4v) is 1.66. The number of benzene rings is 1. The number of amides is 1. The number of ether oxygens (including phenoxy) is 1. The molecular formula is C12H15NO2. The SMILES string of the molecule is NC(=O)c1ccccc1OCC1CCC1. The van der Waals surface area contributed by atoms with Gasteiger partial charge in [0.15, 0.2) is 0 Å². The highest BCUT2D eigenvalue weighted by Crippen LogP contribution is 2.27. The summed E-state index contributed by atoms with van der Waals surface area (Å²) in [5.74, 6) is 0.835. The van der Waals surface area contributed by atoms with Crippen LogP contribution in [0.4, 0.5) is 0 Å². The molecule has 1 aromatic carbocycles. The van der Waals surface area contributed by atoms with Gasteiger partial charge in [-0.3, -0.25) is 4.79 Å². The summed E-state index contributed by atoms with van der Waals surface area (Å²) in [6, 6.07) is 7.12. The first-order chi connectivity index (χ1) is 7.27. The van der Waals surface area contributed by atoms with Crippen LogP contribution >= 0.6 is 0 Å². The number of hydrogen-bond donors (Lipinski definition) is 1. The molecule has 0 saturated heterocycles. The number of para-hydroxylation sites is 1. The minimum atomic E-state index is -0.431. The van der Waals surface area contributed by atoms with Gasteiger partial charge in [-0.15, -0.1) is 0 Å². The van der Waals surface area contributed by atoms with Gasteiger partial charge < -0.3 is 10.5 Å². The summed E-state index contributed by atoms with van der Waals surface area (Å²) in [6.45, 7) is 0.699. The van der Waals surface area contributed by atoms with Crippen molar-refractivity contribution in [2.45, 2.75) is 19.3 Å². The number of rotatable bonds is 4. The van der Waals surface area contributed by atoms with Gasteiger partial charge in [0.2, 0.25) is 0 Å². The van der Waals surface area contributed by atoms with Crippen molar-refractivity contribution in [3.05, 3.63) is 29.8 Å². The molecule has 0 bridgehead atoms. The second kappa shape index (κ2) is 4.34. The van der Waals surface area contributed by atoms with Crippen LogP contribution in [0.1, 0.15) is 29.6 Å². The predicted octanol–water partition coefficient (Wildman–Crippen LogP) is 1.96. The van der Waals surface area contributed by atoms with Crippen molar-refractivity contribution in [1.29, 1.82) is 0 Å². The van der Waals surface area contributed by atoms with Crippen molar-refractivity contribution < 1.29 is 9.53 Å². The molecule has 0 heterocycles. The lowest BCUT2D eigenvalue weighted by Crippen LogP contribution is -2.20. The molecule has 15 heavy (non-hydrogen) atoms. The lowest BCUT2D eigenvalue weighted by atomic mass is 9.86. The van der Waals surface area contributed by atoms with E-state index in [1.807, 2.05) is 6.07 Å². The summed E-state index contributed by atoms with van der Waals surface area (Å²) in [7, 11) is 0. The summed E-state index contributed by atoms with van der Waals surface area (Å²) < 4.78 is 5.60. The van der Waals surface area contributed by atoms with Gasteiger partial charge in [0.25, 0.3) is 5.91 Å². The van der Waals surface area contributed by atoms with Gasteiger partial charge in [0.1, 0.15) is 5.75 Å². The maximum absolute atomic E-state index is 11.1. The molecular weight excluding hydrogens is 190 g/mol. The van der Waals surface area contributed by atoms with Crippen molar-refractivity contribution in [3.63, 3.8) is 0 Å². The number of carbonyl (C=O) groups excluding carboxylic acids is 1. The topological polar surface area (TPSA) is 52.3 Å². The number of primary amides is 1. The van der Waals surface area contributed by atoms with Crippen LogP contribution in [0.25, 0.3) is 0 Å². The van der Waals surface area contributed by atoms with Gasteiger partial charge >= 0.3 is 0 Å². The quantitative estimate of drug-likeness (QED) is 0.817. The van der Waals surface area contributed by atoms with Gasteiger partial charge in [-0.2, -0.15) is 0 Å². The standard InChI is InChI=1S/C12H15NO2/c13-12(14)10-6-1-2-7-11(10)15-8-9-4-3-5-9/h1-2,6-7,9H,3-5,8H2,(H2,13,14). The molecule has 2 N–H and O–H groups in total. The zero-order valence-electron chi connectivity index (χ0n) is 8.61. The fourth-order valence-electron chi connectivity index (χ4n) is 1.66. The summed E-state index contributed by atoms with van der Waals surface area (Å²) >= 11 is 0. The number of nitrogens with two attached hydrogens (primary N) is 1. The largest absolute Gasteiger partial charge is 0.492 e. The smallest absolute Gasteiger partial charge is 0.252 e. The van der Waals surface area contributed by atoms with Crippen LogP contribution in [0.3, 0.4) is 0 Å². The molecule has 3 nitrogen and oxygen atoms in total. The Bertz CT molecular complexity index is 358. The normalized spacial score (nSPS) is 15.7. The molecule has 1 amide bonds. The minimum absolute atomic E-state index is 0.431. The van der Waals surface area contributed by atoms with Crippen LogP contribution in [0.5, 0.6) is 5.75 Å². The molecule has 0 aliphatic heterocycles. The van der Waals surface area contributed by atoms with Crippen molar-refractivity contribution in [2.75, 3.05) is 6.61 Å². The third-order valence-electron chi connectivity index (χ3n) is 2.85. The van der Waals surface area contributed by atoms with E-state index >= 15 is 0 Å². The van der Waals surface area contributed by atoms with Gasteiger partial charge in [0, 0.05) is 0 Å². The van der Waals surface area contributed by atoms with Gasteiger partial charge in [0.05, 0.1) is 12.2 Å². The zero-order valence-corrected chi connectivity index (χ0v) is 8.61. The maximum Gasteiger partial charge on any atom is 0.252 e. The number of hydrogen-bond acceptors (Lipinski definition) is 2. The Hall–Kier alpha value is -1.51. The summed E-state index contributed by atoms with van der Waals surface area (Å²) in [4.78, 5) is 11.1. The van der Waals surface area contributed by atoms with E-state index in [0.717, 1.165) is 0 Å². The highest BCUT2D eigenvalue weighted by molar-refractivity contribution is 5.95. The van der Waals surface area contributed by atoms with E-state index in [1.165, 1.54) is 19.3 Å². The molecule has 1 aliphatic carbocycles. The van der Waals surface area contributed by atoms with Gasteiger partial charge in [-0.05, 0) is 30.9 Å². The van der Waals surface area contributed by atoms with Crippen LogP contribution in [-0.2, 0) is 0 Å². The van der Waals surface area contributed by atoms with E-state index in [9.17, 15) is 4.79 Å². The van der Waals surface area contributed by atoms with E-state index in [1.54, 1.807) is 18.2 Å². The van der Waals surface area contributed by atoms with Crippen molar-refractivity contribution in [3.8, 4) is 5.75 Å². The zero-order chi connectivity index (χ0) is 10.7. The molecule has 1 fully saturated rings. The third-order valence-corrected chi connectivity index (χ3v) is 2.85. The fraction of sp³-hybridized carbons (Fsp3) is 0.417. The van der Waals surface area contributed by atoms with Crippen LogP contribution in [0, 0.1) is 5.92 Å². The van der Waals surface area contributed by atoms with Crippen molar-refractivity contribution in [1.82, 2.24) is 0 Å². The van der Waals surface area contributed by atoms with E-state index < -0.39 is 5.91 Å².